The van der Waals surface area contributed by atoms with Gasteiger partial charge in [-0.05, 0) is 19.1 Å². The van der Waals surface area contributed by atoms with E-state index < -0.39 is 17.9 Å². The topological polar surface area (TPSA) is 48.7 Å². The molecule has 0 bridgehead atoms. The molecule has 0 aliphatic heterocycles. The summed E-state index contributed by atoms with van der Waals surface area (Å²) in [6.45, 7) is 1.57. The average Bonchev–Trinajstić information content (AvgIpc) is 2.27. The lowest BCUT2D eigenvalue weighted by atomic mass is 10.2. The Balaban J connectivity index is 3.18. The van der Waals surface area contributed by atoms with E-state index in [1.54, 1.807) is 13.0 Å². The fourth-order valence-corrected chi connectivity index (χ4v) is 1.06. The molecule has 1 rings (SSSR count). The Bertz CT molecular complexity index is 494. The van der Waals surface area contributed by atoms with Gasteiger partial charge in [-0.1, -0.05) is 5.92 Å². The zero-order valence-electron chi connectivity index (χ0n) is 8.84. The van der Waals surface area contributed by atoms with Gasteiger partial charge in [0.2, 0.25) is 0 Å². The standard InChI is InChI=1S/C11H8F3N3/c1-3-7(2)16-10-8(6-15)4-5-9(17-10)11(12,13)14/h1,4-5,7H,2H3,(H,16,17). The molecule has 0 amide bonds. The van der Waals surface area contributed by atoms with Crippen molar-refractivity contribution < 1.29 is 13.2 Å². The van der Waals surface area contributed by atoms with Crippen LogP contribution < -0.4 is 5.32 Å². The highest BCUT2D eigenvalue weighted by molar-refractivity contribution is 5.53. The Kier molecular flexibility index (Phi) is 3.59. The molecule has 0 aliphatic carbocycles. The second kappa shape index (κ2) is 4.75. The van der Waals surface area contributed by atoms with Crippen LogP contribution in [0.2, 0.25) is 0 Å². The van der Waals surface area contributed by atoms with Crippen LogP contribution in [0.4, 0.5) is 19.0 Å². The lowest BCUT2D eigenvalue weighted by Gasteiger charge is -2.12. The molecular weight excluding hydrogens is 231 g/mol. The van der Waals surface area contributed by atoms with Crippen LogP contribution in [0.1, 0.15) is 18.2 Å². The molecule has 3 nitrogen and oxygen atoms in total. The molecule has 1 aromatic rings. The average molecular weight is 239 g/mol. The summed E-state index contributed by atoms with van der Waals surface area (Å²) in [7, 11) is 0. The molecule has 17 heavy (non-hydrogen) atoms. The van der Waals surface area contributed by atoms with E-state index >= 15 is 0 Å². The third-order valence-corrected chi connectivity index (χ3v) is 1.91. The minimum Gasteiger partial charge on any atom is -0.356 e. The normalized spacial score (nSPS) is 12.4. The Hall–Kier alpha value is -2.21. The van der Waals surface area contributed by atoms with Gasteiger partial charge in [0, 0.05) is 0 Å². The van der Waals surface area contributed by atoms with Gasteiger partial charge in [0.25, 0.3) is 0 Å². The molecule has 0 aliphatic rings. The van der Waals surface area contributed by atoms with E-state index in [4.69, 9.17) is 11.7 Å². The second-order valence-corrected chi connectivity index (χ2v) is 3.23. The monoisotopic (exact) mass is 239 g/mol. The van der Waals surface area contributed by atoms with Crippen molar-refractivity contribution in [2.45, 2.75) is 19.1 Å². The molecule has 0 spiro atoms. The number of alkyl halides is 3. The van der Waals surface area contributed by atoms with Crippen LogP contribution in [0, 0.1) is 23.7 Å². The van der Waals surface area contributed by atoms with Gasteiger partial charge in [-0.2, -0.15) is 18.4 Å². The van der Waals surface area contributed by atoms with Gasteiger partial charge in [0.05, 0.1) is 11.6 Å². The zero-order chi connectivity index (χ0) is 13.1. The van der Waals surface area contributed by atoms with Gasteiger partial charge in [-0.25, -0.2) is 4.98 Å². The summed E-state index contributed by atoms with van der Waals surface area (Å²) in [4.78, 5) is 3.35. The van der Waals surface area contributed by atoms with E-state index in [0.717, 1.165) is 12.1 Å². The first-order chi connectivity index (χ1) is 7.88. The van der Waals surface area contributed by atoms with Gasteiger partial charge < -0.3 is 5.32 Å². The first kappa shape index (κ1) is 12.9. The molecule has 0 fully saturated rings. The molecule has 1 unspecified atom stereocenters. The number of pyridine rings is 1. The van der Waals surface area contributed by atoms with E-state index in [-0.39, 0.29) is 11.4 Å². The van der Waals surface area contributed by atoms with Crippen LogP contribution in [0.3, 0.4) is 0 Å². The first-order valence-corrected chi connectivity index (χ1v) is 4.59. The van der Waals surface area contributed by atoms with Crippen molar-refractivity contribution in [2.75, 3.05) is 5.32 Å². The zero-order valence-corrected chi connectivity index (χ0v) is 8.84. The van der Waals surface area contributed by atoms with E-state index in [1.807, 2.05) is 0 Å². The summed E-state index contributed by atoms with van der Waals surface area (Å²) in [5.41, 5.74) is -1.05. The molecular formula is C11H8F3N3. The highest BCUT2D eigenvalue weighted by Crippen LogP contribution is 2.29. The molecule has 0 saturated heterocycles. The number of aromatic nitrogens is 1. The summed E-state index contributed by atoms with van der Waals surface area (Å²) >= 11 is 0. The number of nitrogens with one attached hydrogen (secondary N) is 1. The molecule has 1 heterocycles. The van der Waals surface area contributed by atoms with Gasteiger partial charge in [-0.15, -0.1) is 6.42 Å². The predicted octanol–water partition coefficient (Wildman–Crippen LogP) is 2.41. The lowest BCUT2D eigenvalue weighted by molar-refractivity contribution is -0.141. The number of terminal acetylenes is 1. The SMILES string of the molecule is C#CC(C)Nc1nc(C(F)(F)F)ccc1C#N. The van der Waals surface area contributed by atoms with E-state index in [0.29, 0.717) is 0 Å². The number of rotatable bonds is 2. The van der Waals surface area contributed by atoms with Crippen molar-refractivity contribution >= 4 is 5.82 Å². The molecule has 0 saturated carbocycles. The Morgan fingerprint density at radius 2 is 2.12 bits per heavy atom. The van der Waals surface area contributed by atoms with Gasteiger partial charge >= 0.3 is 6.18 Å². The Morgan fingerprint density at radius 3 is 2.59 bits per heavy atom. The maximum atomic E-state index is 12.4. The number of hydrogen-bond acceptors (Lipinski definition) is 3. The highest BCUT2D eigenvalue weighted by Gasteiger charge is 2.33. The summed E-state index contributed by atoms with van der Waals surface area (Å²) < 4.78 is 37.2. The van der Waals surface area contributed by atoms with E-state index in [1.165, 1.54) is 0 Å². The molecule has 1 atom stereocenters. The lowest BCUT2D eigenvalue weighted by Crippen LogP contribution is -2.17. The first-order valence-electron chi connectivity index (χ1n) is 4.59. The molecule has 0 aromatic carbocycles. The smallest absolute Gasteiger partial charge is 0.356 e. The summed E-state index contributed by atoms with van der Waals surface area (Å²) in [5, 5.41) is 11.3. The molecule has 88 valence electrons. The third kappa shape index (κ3) is 3.12. The quantitative estimate of drug-likeness (QED) is 0.806. The number of nitrogens with zero attached hydrogens (tertiary/aromatic N) is 2. The Morgan fingerprint density at radius 1 is 1.47 bits per heavy atom. The fourth-order valence-electron chi connectivity index (χ4n) is 1.06. The molecule has 6 heteroatoms. The second-order valence-electron chi connectivity index (χ2n) is 3.23. The van der Waals surface area contributed by atoms with Crippen molar-refractivity contribution in [3.05, 3.63) is 23.4 Å². The van der Waals surface area contributed by atoms with Crippen LogP contribution in [0.15, 0.2) is 12.1 Å². The number of halogens is 3. The number of nitriles is 1. The van der Waals surface area contributed by atoms with Crippen LogP contribution in [-0.2, 0) is 6.18 Å². The molecule has 1 N–H and O–H groups in total. The van der Waals surface area contributed by atoms with E-state index in [9.17, 15) is 13.2 Å². The number of anilines is 1. The minimum absolute atomic E-state index is 0.0140. The van der Waals surface area contributed by atoms with E-state index in [2.05, 4.69) is 16.2 Å². The molecule has 1 aromatic heterocycles. The van der Waals surface area contributed by atoms with Gasteiger partial charge in [0.1, 0.15) is 17.6 Å². The van der Waals surface area contributed by atoms with Crippen LogP contribution in [0.25, 0.3) is 0 Å². The summed E-state index contributed by atoms with van der Waals surface area (Å²) in [6, 6.07) is 3.04. The maximum Gasteiger partial charge on any atom is 0.433 e. The van der Waals surface area contributed by atoms with Crippen LogP contribution in [-0.4, -0.2) is 11.0 Å². The predicted molar refractivity (Wildman–Crippen MR) is 55.9 cm³/mol. The van der Waals surface area contributed by atoms with Crippen molar-refractivity contribution in [1.29, 1.82) is 5.26 Å². The minimum atomic E-state index is -4.55. The van der Waals surface area contributed by atoms with Crippen molar-refractivity contribution in [3.63, 3.8) is 0 Å². The van der Waals surface area contributed by atoms with Crippen LogP contribution >= 0.6 is 0 Å². The number of hydrogen-bond donors (Lipinski definition) is 1. The summed E-state index contributed by atoms with van der Waals surface area (Å²) in [6.07, 6.45) is 0.538. The maximum absolute atomic E-state index is 12.4. The Labute approximate surface area is 96.3 Å². The van der Waals surface area contributed by atoms with Crippen molar-refractivity contribution in [1.82, 2.24) is 4.98 Å². The van der Waals surface area contributed by atoms with Gasteiger partial charge in [-0.3, -0.25) is 0 Å². The fraction of sp³-hybridized carbons (Fsp3) is 0.273. The third-order valence-electron chi connectivity index (χ3n) is 1.91. The largest absolute Gasteiger partial charge is 0.433 e. The molecule has 0 radical (unpaired) electrons. The summed E-state index contributed by atoms with van der Waals surface area (Å²) in [5.74, 6) is 2.12. The van der Waals surface area contributed by atoms with Crippen molar-refractivity contribution in [3.8, 4) is 18.4 Å². The van der Waals surface area contributed by atoms with Crippen LogP contribution in [0.5, 0.6) is 0 Å². The van der Waals surface area contributed by atoms with Crippen molar-refractivity contribution in [2.24, 2.45) is 0 Å². The van der Waals surface area contributed by atoms with Gasteiger partial charge in [0.15, 0.2) is 0 Å². The highest BCUT2D eigenvalue weighted by atomic mass is 19.4.